The number of hydrogen-bond acceptors (Lipinski definition) is 4. The Morgan fingerprint density at radius 1 is 1.29 bits per heavy atom. The van der Waals surface area contributed by atoms with Crippen LogP contribution >= 0.6 is 0 Å². The maximum Gasteiger partial charge on any atom is 0.157 e. The zero-order chi connectivity index (χ0) is 14.2. The van der Waals surface area contributed by atoms with Crippen molar-refractivity contribution < 1.29 is 0 Å². The predicted octanol–water partition coefficient (Wildman–Crippen LogP) is 2.15. The molecule has 112 valence electrons. The number of anilines is 1. The molecule has 0 aromatic carbocycles. The summed E-state index contributed by atoms with van der Waals surface area (Å²) in [6.07, 6.45) is 8.21. The SMILES string of the molecule is Cc1cc(N(CC2CCCCN2)C2CC2)n2ncnc2c1. The summed E-state index contributed by atoms with van der Waals surface area (Å²) in [6.45, 7) is 4.39. The molecule has 0 amide bonds. The van der Waals surface area contributed by atoms with Crippen molar-refractivity contribution in [3.05, 3.63) is 24.0 Å². The van der Waals surface area contributed by atoms with Crippen LogP contribution in [0.3, 0.4) is 0 Å². The van der Waals surface area contributed by atoms with Gasteiger partial charge in [0.25, 0.3) is 0 Å². The fourth-order valence-electron chi connectivity index (χ4n) is 3.37. The highest BCUT2D eigenvalue weighted by Crippen LogP contribution is 2.32. The highest BCUT2D eigenvalue weighted by molar-refractivity contribution is 5.54. The van der Waals surface area contributed by atoms with Gasteiger partial charge in [0, 0.05) is 18.6 Å². The summed E-state index contributed by atoms with van der Waals surface area (Å²) in [4.78, 5) is 6.91. The van der Waals surface area contributed by atoms with E-state index >= 15 is 0 Å². The number of piperidine rings is 1. The van der Waals surface area contributed by atoms with Gasteiger partial charge in [-0.05, 0) is 56.8 Å². The molecule has 5 heteroatoms. The van der Waals surface area contributed by atoms with Gasteiger partial charge >= 0.3 is 0 Å². The molecule has 1 aliphatic carbocycles. The Morgan fingerprint density at radius 3 is 2.95 bits per heavy atom. The summed E-state index contributed by atoms with van der Waals surface area (Å²) in [5, 5.41) is 8.10. The first-order chi connectivity index (χ1) is 10.3. The molecular weight excluding hydrogens is 262 g/mol. The number of pyridine rings is 1. The van der Waals surface area contributed by atoms with Crippen LogP contribution in [0.5, 0.6) is 0 Å². The summed E-state index contributed by atoms with van der Waals surface area (Å²) >= 11 is 0. The molecule has 2 aliphatic rings. The van der Waals surface area contributed by atoms with Crippen LogP contribution in [0.4, 0.5) is 5.82 Å². The molecule has 21 heavy (non-hydrogen) atoms. The van der Waals surface area contributed by atoms with E-state index in [-0.39, 0.29) is 0 Å². The average Bonchev–Trinajstić information content (AvgIpc) is 3.23. The standard InChI is InChI=1S/C16H23N5/c1-12-8-15-18-11-19-21(15)16(9-12)20(14-5-6-14)10-13-4-2-3-7-17-13/h8-9,11,13-14,17H,2-7,10H2,1H3. The molecule has 1 saturated heterocycles. The van der Waals surface area contributed by atoms with Gasteiger partial charge in [-0.15, -0.1) is 0 Å². The number of nitrogens with zero attached hydrogens (tertiary/aromatic N) is 4. The van der Waals surface area contributed by atoms with Gasteiger partial charge in [-0.3, -0.25) is 0 Å². The summed E-state index contributed by atoms with van der Waals surface area (Å²) in [6, 6.07) is 5.64. The Hall–Kier alpha value is -1.62. The molecule has 1 aliphatic heterocycles. The van der Waals surface area contributed by atoms with E-state index in [0.717, 1.165) is 18.7 Å². The minimum Gasteiger partial charge on any atom is -0.352 e. The van der Waals surface area contributed by atoms with Gasteiger partial charge in [-0.2, -0.15) is 9.61 Å². The monoisotopic (exact) mass is 285 g/mol. The van der Waals surface area contributed by atoms with Gasteiger partial charge in [-0.1, -0.05) is 6.42 Å². The van der Waals surface area contributed by atoms with Crippen molar-refractivity contribution in [3.8, 4) is 0 Å². The molecule has 4 rings (SSSR count). The average molecular weight is 285 g/mol. The van der Waals surface area contributed by atoms with E-state index in [1.165, 1.54) is 43.5 Å². The highest BCUT2D eigenvalue weighted by Gasteiger charge is 2.32. The topological polar surface area (TPSA) is 45.5 Å². The minimum atomic E-state index is 0.610. The molecule has 1 N–H and O–H groups in total. The molecule has 1 unspecified atom stereocenters. The Kier molecular flexibility index (Phi) is 3.30. The van der Waals surface area contributed by atoms with E-state index in [9.17, 15) is 0 Å². The molecular formula is C16H23N5. The molecule has 0 spiro atoms. The first kappa shape index (κ1) is 13.1. The van der Waals surface area contributed by atoms with Crippen molar-refractivity contribution >= 4 is 11.5 Å². The van der Waals surface area contributed by atoms with Crippen molar-refractivity contribution in [2.75, 3.05) is 18.0 Å². The van der Waals surface area contributed by atoms with Crippen molar-refractivity contribution in [1.29, 1.82) is 0 Å². The molecule has 0 bridgehead atoms. The number of hydrogen-bond donors (Lipinski definition) is 1. The quantitative estimate of drug-likeness (QED) is 0.935. The zero-order valence-corrected chi connectivity index (χ0v) is 12.6. The Balaban J connectivity index is 1.67. The van der Waals surface area contributed by atoms with Crippen LogP contribution < -0.4 is 10.2 Å². The molecule has 5 nitrogen and oxygen atoms in total. The third-order valence-corrected chi connectivity index (χ3v) is 4.62. The van der Waals surface area contributed by atoms with Crippen molar-refractivity contribution in [2.45, 2.75) is 51.1 Å². The van der Waals surface area contributed by atoms with E-state index in [1.54, 1.807) is 6.33 Å². The van der Waals surface area contributed by atoms with Crippen LogP contribution in [0, 0.1) is 6.92 Å². The predicted molar refractivity (Wildman–Crippen MR) is 83.7 cm³/mol. The third-order valence-electron chi connectivity index (χ3n) is 4.62. The minimum absolute atomic E-state index is 0.610. The van der Waals surface area contributed by atoms with Crippen LogP contribution in [-0.4, -0.2) is 39.8 Å². The second kappa shape index (κ2) is 5.30. The molecule has 2 aromatic rings. The largest absolute Gasteiger partial charge is 0.352 e. The Labute approximate surface area is 125 Å². The molecule has 1 atom stereocenters. The summed E-state index contributed by atoms with van der Waals surface area (Å²) in [7, 11) is 0. The van der Waals surface area contributed by atoms with Crippen molar-refractivity contribution in [1.82, 2.24) is 19.9 Å². The van der Waals surface area contributed by atoms with E-state index in [4.69, 9.17) is 0 Å². The van der Waals surface area contributed by atoms with Crippen LogP contribution in [0.1, 0.15) is 37.7 Å². The zero-order valence-electron chi connectivity index (χ0n) is 12.6. The first-order valence-corrected chi connectivity index (χ1v) is 8.12. The summed E-state index contributed by atoms with van der Waals surface area (Å²) in [5.41, 5.74) is 2.21. The molecule has 0 radical (unpaired) electrons. The second-order valence-corrected chi connectivity index (χ2v) is 6.45. The first-order valence-electron chi connectivity index (χ1n) is 8.12. The van der Waals surface area contributed by atoms with Crippen LogP contribution in [0.15, 0.2) is 18.5 Å². The number of rotatable bonds is 4. The van der Waals surface area contributed by atoms with Gasteiger partial charge in [0.1, 0.15) is 12.1 Å². The molecule has 1 saturated carbocycles. The van der Waals surface area contributed by atoms with Crippen LogP contribution in [0.25, 0.3) is 5.65 Å². The maximum atomic E-state index is 4.43. The second-order valence-electron chi connectivity index (χ2n) is 6.45. The van der Waals surface area contributed by atoms with Gasteiger partial charge in [-0.25, -0.2) is 4.98 Å². The smallest absolute Gasteiger partial charge is 0.157 e. The van der Waals surface area contributed by atoms with E-state index < -0.39 is 0 Å². The Bertz CT molecular complexity index is 625. The molecule has 2 aromatic heterocycles. The summed E-state index contributed by atoms with van der Waals surface area (Å²) < 4.78 is 1.99. The van der Waals surface area contributed by atoms with E-state index in [2.05, 4.69) is 39.4 Å². The number of aryl methyl sites for hydroxylation is 1. The van der Waals surface area contributed by atoms with Gasteiger partial charge in [0.15, 0.2) is 5.65 Å². The van der Waals surface area contributed by atoms with Crippen molar-refractivity contribution in [2.24, 2.45) is 0 Å². The number of aromatic nitrogens is 3. The molecule has 3 heterocycles. The lowest BCUT2D eigenvalue weighted by molar-refractivity contribution is 0.397. The lowest BCUT2D eigenvalue weighted by Crippen LogP contribution is -2.45. The number of nitrogens with one attached hydrogen (secondary N) is 1. The maximum absolute atomic E-state index is 4.43. The number of fused-ring (bicyclic) bond motifs is 1. The van der Waals surface area contributed by atoms with E-state index in [1.807, 2.05) is 4.52 Å². The van der Waals surface area contributed by atoms with Gasteiger partial charge < -0.3 is 10.2 Å². The summed E-state index contributed by atoms with van der Waals surface area (Å²) in [5.74, 6) is 1.21. The highest BCUT2D eigenvalue weighted by atomic mass is 15.4. The fourth-order valence-corrected chi connectivity index (χ4v) is 3.37. The Morgan fingerprint density at radius 2 is 2.19 bits per heavy atom. The van der Waals surface area contributed by atoms with Crippen molar-refractivity contribution in [3.63, 3.8) is 0 Å². The lowest BCUT2D eigenvalue weighted by Gasteiger charge is -2.32. The van der Waals surface area contributed by atoms with E-state index in [0.29, 0.717) is 12.1 Å². The van der Waals surface area contributed by atoms with Crippen LogP contribution in [0.2, 0.25) is 0 Å². The fraction of sp³-hybridized carbons (Fsp3) is 0.625. The lowest BCUT2D eigenvalue weighted by atomic mass is 10.0. The third kappa shape index (κ3) is 2.62. The van der Waals surface area contributed by atoms with Crippen LogP contribution in [-0.2, 0) is 0 Å². The molecule has 2 fully saturated rings. The van der Waals surface area contributed by atoms with Gasteiger partial charge in [0.05, 0.1) is 0 Å². The normalized spacial score (nSPS) is 22.6. The van der Waals surface area contributed by atoms with Gasteiger partial charge in [0.2, 0.25) is 0 Å².